The Bertz CT molecular complexity index is 400. The fourth-order valence-electron chi connectivity index (χ4n) is 2.22. The predicted molar refractivity (Wildman–Crippen MR) is 67.4 cm³/mol. The minimum Gasteiger partial charge on any atom is -0.389 e. The summed E-state index contributed by atoms with van der Waals surface area (Å²) in [6.07, 6.45) is 1.16. The average molecular weight is 303 g/mol. The summed E-state index contributed by atoms with van der Waals surface area (Å²) >= 11 is 3.22. The van der Waals surface area contributed by atoms with E-state index < -0.39 is 5.60 Å². The lowest BCUT2D eigenvalue weighted by atomic mass is 9.83. The van der Waals surface area contributed by atoms with E-state index in [1.54, 1.807) is 19.1 Å². The zero-order valence-corrected chi connectivity index (χ0v) is 11.3. The minimum absolute atomic E-state index is 0.0885. The zero-order chi connectivity index (χ0) is 12.5. The van der Waals surface area contributed by atoms with E-state index in [2.05, 4.69) is 15.9 Å². The molecule has 0 amide bonds. The molecule has 1 aliphatic rings. The highest BCUT2D eigenvalue weighted by atomic mass is 79.9. The Hall–Kier alpha value is -0.450. The van der Waals surface area contributed by atoms with E-state index in [9.17, 15) is 9.50 Å². The summed E-state index contributed by atoms with van der Waals surface area (Å²) in [5.41, 5.74) is -0.365. The third-order valence-corrected chi connectivity index (χ3v) is 3.87. The lowest BCUT2D eigenvalue weighted by Crippen LogP contribution is -2.37. The highest BCUT2D eigenvalue weighted by Crippen LogP contribution is 2.30. The second kappa shape index (κ2) is 5.04. The molecular weight excluding hydrogens is 287 g/mol. The molecule has 1 fully saturated rings. The van der Waals surface area contributed by atoms with Gasteiger partial charge in [-0.1, -0.05) is 22.0 Å². The van der Waals surface area contributed by atoms with E-state index >= 15 is 0 Å². The molecule has 17 heavy (non-hydrogen) atoms. The Kier molecular flexibility index (Phi) is 3.85. The molecule has 1 N–H and O–H groups in total. The molecule has 1 heterocycles. The molecule has 1 aromatic carbocycles. The molecule has 0 radical (unpaired) electrons. The van der Waals surface area contributed by atoms with E-state index in [0.717, 1.165) is 6.42 Å². The average Bonchev–Trinajstić information content (AvgIpc) is 2.76. The van der Waals surface area contributed by atoms with Gasteiger partial charge in [-0.2, -0.15) is 0 Å². The standard InChI is InChI=1S/C13H16BrFO2/c1-13(16,10-4-5-17-8-10)7-9-2-3-11(14)6-12(9)15/h2-3,6,10,16H,4-5,7-8H2,1H3. The molecule has 0 aliphatic carbocycles. The first-order valence-corrected chi connectivity index (χ1v) is 6.52. The molecule has 2 nitrogen and oxygen atoms in total. The molecule has 4 heteroatoms. The Labute approximate surface area is 109 Å². The molecule has 94 valence electrons. The molecule has 0 spiro atoms. The van der Waals surface area contributed by atoms with Crippen molar-refractivity contribution in [3.8, 4) is 0 Å². The third-order valence-electron chi connectivity index (χ3n) is 3.37. The summed E-state index contributed by atoms with van der Waals surface area (Å²) in [6.45, 7) is 3.00. The van der Waals surface area contributed by atoms with Crippen molar-refractivity contribution in [3.63, 3.8) is 0 Å². The SMILES string of the molecule is CC(O)(Cc1ccc(Br)cc1F)C1CCOC1. The largest absolute Gasteiger partial charge is 0.389 e. The molecule has 1 saturated heterocycles. The van der Waals surface area contributed by atoms with E-state index in [1.807, 2.05) is 0 Å². The summed E-state index contributed by atoms with van der Waals surface area (Å²) < 4.78 is 19.7. The second-order valence-electron chi connectivity index (χ2n) is 4.83. The first-order chi connectivity index (χ1) is 7.99. The van der Waals surface area contributed by atoms with Gasteiger partial charge in [0, 0.05) is 23.4 Å². The fraction of sp³-hybridized carbons (Fsp3) is 0.538. The van der Waals surface area contributed by atoms with Gasteiger partial charge in [0.2, 0.25) is 0 Å². The first-order valence-electron chi connectivity index (χ1n) is 5.73. The van der Waals surface area contributed by atoms with Crippen LogP contribution in [0.25, 0.3) is 0 Å². The zero-order valence-electron chi connectivity index (χ0n) is 9.75. The highest BCUT2D eigenvalue weighted by Gasteiger charge is 2.35. The van der Waals surface area contributed by atoms with Gasteiger partial charge in [-0.15, -0.1) is 0 Å². The second-order valence-corrected chi connectivity index (χ2v) is 5.75. The smallest absolute Gasteiger partial charge is 0.127 e. The van der Waals surface area contributed by atoms with Crippen molar-refractivity contribution in [2.24, 2.45) is 5.92 Å². The number of benzene rings is 1. The van der Waals surface area contributed by atoms with E-state index in [4.69, 9.17) is 4.74 Å². The van der Waals surface area contributed by atoms with Crippen molar-refractivity contribution < 1.29 is 14.2 Å². The van der Waals surface area contributed by atoms with Crippen molar-refractivity contribution in [1.82, 2.24) is 0 Å². The van der Waals surface area contributed by atoms with Crippen LogP contribution in [0.5, 0.6) is 0 Å². The molecule has 1 aliphatic heterocycles. The number of rotatable bonds is 3. The lowest BCUT2D eigenvalue weighted by Gasteiger charge is -2.29. The van der Waals surface area contributed by atoms with Crippen LogP contribution in [0.4, 0.5) is 4.39 Å². The van der Waals surface area contributed by atoms with Crippen LogP contribution in [0.3, 0.4) is 0 Å². The Morgan fingerprint density at radius 1 is 1.59 bits per heavy atom. The molecule has 0 aromatic heterocycles. The lowest BCUT2D eigenvalue weighted by molar-refractivity contribution is -0.00518. The van der Waals surface area contributed by atoms with Crippen LogP contribution in [-0.2, 0) is 11.2 Å². The van der Waals surface area contributed by atoms with Crippen molar-refractivity contribution in [3.05, 3.63) is 34.1 Å². The van der Waals surface area contributed by atoms with E-state index in [0.29, 0.717) is 29.7 Å². The Morgan fingerprint density at radius 3 is 2.94 bits per heavy atom. The molecule has 0 saturated carbocycles. The van der Waals surface area contributed by atoms with Gasteiger partial charge in [-0.05, 0) is 31.0 Å². The molecule has 2 unspecified atom stereocenters. The van der Waals surface area contributed by atoms with Crippen molar-refractivity contribution in [2.45, 2.75) is 25.4 Å². The van der Waals surface area contributed by atoms with Gasteiger partial charge in [0.25, 0.3) is 0 Å². The molecule has 2 atom stereocenters. The summed E-state index contributed by atoms with van der Waals surface area (Å²) in [7, 11) is 0. The predicted octanol–water partition coefficient (Wildman–Crippen LogP) is 2.92. The van der Waals surface area contributed by atoms with Crippen LogP contribution < -0.4 is 0 Å². The van der Waals surface area contributed by atoms with E-state index in [1.165, 1.54) is 6.07 Å². The number of aliphatic hydroxyl groups is 1. The van der Waals surface area contributed by atoms with Gasteiger partial charge >= 0.3 is 0 Å². The van der Waals surface area contributed by atoms with Gasteiger partial charge in [-0.25, -0.2) is 4.39 Å². The summed E-state index contributed by atoms with van der Waals surface area (Å²) in [5, 5.41) is 10.4. The Morgan fingerprint density at radius 2 is 2.35 bits per heavy atom. The van der Waals surface area contributed by atoms with Gasteiger partial charge in [0.1, 0.15) is 5.82 Å². The number of ether oxygens (including phenoxy) is 1. The minimum atomic E-state index is -0.912. The van der Waals surface area contributed by atoms with Crippen LogP contribution >= 0.6 is 15.9 Å². The van der Waals surface area contributed by atoms with Crippen LogP contribution in [0.15, 0.2) is 22.7 Å². The van der Waals surface area contributed by atoms with Gasteiger partial charge in [0.15, 0.2) is 0 Å². The maximum atomic E-state index is 13.7. The molecule has 0 bridgehead atoms. The van der Waals surface area contributed by atoms with Gasteiger partial charge in [0.05, 0.1) is 12.2 Å². The molecule has 1 aromatic rings. The van der Waals surface area contributed by atoms with Gasteiger partial charge < -0.3 is 9.84 Å². The van der Waals surface area contributed by atoms with Crippen molar-refractivity contribution in [1.29, 1.82) is 0 Å². The first kappa shape index (κ1) is 13.0. The summed E-state index contributed by atoms with van der Waals surface area (Å²) in [6, 6.07) is 4.93. The Balaban J connectivity index is 2.13. The summed E-state index contributed by atoms with van der Waals surface area (Å²) in [4.78, 5) is 0. The molecule has 2 rings (SSSR count). The van der Waals surface area contributed by atoms with E-state index in [-0.39, 0.29) is 11.7 Å². The third kappa shape index (κ3) is 3.06. The fourth-order valence-corrected chi connectivity index (χ4v) is 2.55. The maximum Gasteiger partial charge on any atom is 0.127 e. The van der Waals surface area contributed by atoms with Crippen LogP contribution in [0.1, 0.15) is 18.9 Å². The van der Waals surface area contributed by atoms with Crippen LogP contribution in [-0.4, -0.2) is 23.9 Å². The van der Waals surface area contributed by atoms with Crippen LogP contribution in [0.2, 0.25) is 0 Å². The quantitative estimate of drug-likeness (QED) is 0.930. The number of halogens is 2. The number of hydrogen-bond acceptors (Lipinski definition) is 2. The molecular formula is C13H16BrFO2. The topological polar surface area (TPSA) is 29.5 Å². The highest BCUT2D eigenvalue weighted by molar-refractivity contribution is 9.10. The monoisotopic (exact) mass is 302 g/mol. The van der Waals surface area contributed by atoms with Gasteiger partial charge in [-0.3, -0.25) is 0 Å². The summed E-state index contributed by atoms with van der Waals surface area (Å²) in [5.74, 6) is -0.191. The van der Waals surface area contributed by atoms with Crippen molar-refractivity contribution in [2.75, 3.05) is 13.2 Å². The van der Waals surface area contributed by atoms with Crippen LogP contribution in [0, 0.1) is 11.7 Å². The maximum absolute atomic E-state index is 13.7. The van der Waals surface area contributed by atoms with Crippen molar-refractivity contribution >= 4 is 15.9 Å². The number of hydrogen-bond donors (Lipinski definition) is 1. The normalized spacial score (nSPS) is 23.6.